The smallest absolute Gasteiger partial charge is 0.260 e. The number of hydrogen-bond acceptors (Lipinski definition) is 4. The maximum atomic E-state index is 12.6. The Kier molecular flexibility index (Phi) is 5.11. The van der Waals surface area contributed by atoms with E-state index in [0.29, 0.717) is 37.3 Å². The molecular weight excluding hydrogens is 330 g/mol. The zero-order valence-electron chi connectivity index (χ0n) is 15.8. The normalized spacial score (nSPS) is 13.9. The van der Waals surface area contributed by atoms with Crippen molar-refractivity contribution in [3.05, 3.63) is 56.3 Å². The zero-order chi connectivity index (χ0) is 18.8. The monoisotopic (exact) mass is 355 g/mol. The van der Waals surface area contributed by atoms with Gasteiger partial charge < -0.3 is 14.6 Å². The quantitative estimate of drug-likeness (QED) is 0.914. The molecule has 1 aliphatic rings. The van der Waals surface area contributed by atoms with Crippen molar-refractivity contribution in [3.8, 4) is 5.75 Å². The minimum atomic E-state index is -0.0935. The molecule has 138 valence electrons. The van der Waals surface area contributed by atoms with E-state index in [4.69, 9.17) is 4.74 Å². The van der Waals surface area contributed by atoms with Gasteiger partial charge in [-0.3, -0.25) is 9.59 Å². The Morgan fingerprint density at radius 2 is 1.85 bits per heavy atom. The Morgan fingerprint density at radius 1 is 1.15 bits per heavy atom. The molecule has 6 nitrogen and oxygen atoms in total. The van der Waals surface area contributed by atoms with Crippen LogP contribution in [0.15, 0.2) is 16.9 Å². The average molecular weight is 355 g/mol. The van der Waals surface area contributed by atoms with E-state index in [1.807, 2.05) is 26.8 Å². The molecule has 0 fully saturated rings. The van der Waals surface area contributed by atoms with Gasteiger partial charge in [-0.1, -0.05) is 12.1 Å². The summed E-state index contributed by atoms with van der Waals surface area (Å²) in [5, 5.41) is 0. The minimum Gasteiger partial charge on any atom is -0.483 e. The molecule has 2 aromatic rings. The lowest BCUT2D eigenvalue weighted by Gasteiger charge is -2.21. The molecule has 0 saturated heterocycles. The summed E-state index contributed by atoms with van der Waals surface area (Å²) in [6.07, 6.45) is 1.11. The van der Waals surface area contributed by atoms with E-state index >= 15 is 0 Å². The van der Waals surface area contributed by atoms with E-state index in [0.717, 1.165) is 28.1 Å². The highest BCUT2D eigenvalue weighted by Crippen LogP contribution is 2.25. The fraction of sp³-hybridized carbons (Fsp3) is 0.450. The van der Waals surface area contributed by atoms with Crippen molar-refractivity contribution in [2.24, 2.45) is 0 Å². The van der Waals surface area contributed by atoms with E-state index in [1.54, 1.807) is 11.8 Å². The van der Waals surface area contributed by atoms with Crippen LogP contribution in [0.1, 0.15) is 33.8 Å². The molecule has 26 heavy (non-hydrogen) atoms. The first-order valence-corrected chi connectivity index (χ1v) is 8.93. The van der Waals surface area contributed by atoms with Gasteiger partial charge in [0, 0.05) is 25.1 Å². The number of ether oxygens (including phenoxy) is 1. The molecule has 0 saturated carbocycles. The van der Waals surface area contributed by atoms with E-state index in [9.17, 15) is 9.59 Å². The first kappa shape index (κ1) is 18.2. The second-order valence-corrected chi connectivity index (χ2v) is 6.90. The van der Waals surface area contributed by atoms with Crippen LogP contribution in [0, 0.1) is 27.7 Å². The number of carbonyl (C=O) groups is 1. The molecule has 6 heteroatoms. The van der Waals surface area contributed by atoms with Gasteiger partial charge in [-0.05, 0) is 50.8 Å². The van der Waals surface area contributed by atoms with Gasteiger partial charge in [-0.15, -0.1) is 0 Å². The number of amides is 1. The second kappa shape index (κ2) is 7.32. The third-order valence-corrected chi connectivity index (χ3v) is 5.04. The number of fused-ring (bicyclic) bond motifs is 1. The van der Waals surface area contributed by atoms with Crippen molar-refractivity contribution in [3.63, 3.8) is 0 Å². The van der Waals surface area contributed by atoms with E-state index in [2.05, 4.69) is 16.0 Å². The Bertz CT molecular complexity index is 902. The van der Waals surface area contributed by atoms with Crippen LogP contribution in [0.25, 0.3) is 0 Å². The molecule has 1 N–H and O–H groups in total. The van der Waals surface area contributed by atoms with Gasteiger partial charge in [0.1, 0.15) is 11.6 Å². The van der Waals surface area contributed by atoms with Crippen molar-refractivity contribution in [2.75, 3.05) is 19.7 Å². The van der Waals surface area contributed by atoms with Crippen molar-refractivity contribution >= 4 is 5.91 Å². The van der Waals surface area contributed by atoms with E-state index in [-0.39, 0.29) is 18.1 Å². The molecule has 1 amide bonds. The summed E-state index contributed by atoms with van der Waals surface area (Å²) in [6, 6.07) is 4.06. The molecule has 0 aliphatic carbocycles. The molecular formula is C20H25N3O3. The summed E-state index contributed by atoms with van der Waals surface area (Å²) in [7, 11) is 0. The average Bonchev–Trinajstić information content (AvgIpc) is 2.81. The number of aryl methyl sites for hydroxylation is 3. The number of hydrogen-bond donors (Lipinski definition) is 1. The molecule has 0 radical (unpaired) electrons. The molecule has 1 aliphatic heterocycles. The zero-order valence-corrected chi connectivity index (χ0v) is 15.8. The number of aromatic nitrogens is 2. The van der Waals surface area contributed by atoms with E-state index < -0.39 is 0 Å². The maximum Gasteiger partial charge on any atom is 0.260 e. The number of benzene rings is 1. The Balaban J connectivity index is 1.68. The highest BCUT2D eigenvalue weighted by molar-refractivity contribution is 5.78. The van der Waals surface area contributed by atoms with Crippen LogP contribution in [-0.2, 0) is 17.6 Å². The van der Waals surface area contributed by atoms with Gasteiger partial charge in [0.2, 0.25) is 0 Å². The highest BCUT2D eigenvalue weighted by Gasteiger charge is 2.22. The largest absolute Gasteiger partial charge is 0.483 e. The Hall–Kier alpha value is -2.63. The minimum absolute atomic E-state index is 0.00426. The number of aromatic amines is 1. The standard InChI is InChI=1S/C20H25N3O3/c1-12-5-6-13(2)19(14(12)3)26-11-18(24)23-9-7-16-17(8-10-23)21-15(4)22-20(16)25/h5-6H,7-11H2,1-4H3,(H,21,22,25). The van der Waals surface area contributed by atoms with Crippen molar-refractivity contribution in [1.29, 1.82) is 0 Å². The number of rotatable bonds is 3. The fourth-order valence-electron chi connectivity index (χ4n) is 3.35. The molecule has 0 bridgehead atoms. The van der Waals surface area contributed by atoms with Gasteiger partial charge in [0.25, 0.3) is 11.5 Å². The van der Waals surface area contributed by atoms with Crippen LogP contribution in [0.2, 0.25) is 0 Å². The van der Waals surface area contributed by atoms with Crippen LogP contribution >= 0.6 is 0 Å². The van der Waals surface area contributed by atoms with Gasteiger partial charge in [0.05, 0.1) is 5.69 Å². The summed E-state index contributed by atoms with van der Waals surface area (Å²) < 4.78 is 5.85. The molecule has 2 heterocycles. The van der Waals surface area contributed by atoms with Gasteiger partial charge in [-0.25, -0.2) is 4.98 Å². The molecule has 3 rings (SSSR count). The van der Waals surface area contributed by atoms with E-state index in [1.165, 1.54) is 0 Å². The van der Waals surface area contributed by atoms with Crippen LogP contribution in [0.4, 0.5) is 0 Å². The lowest BCUT2D eigenvalue weighted by Crippen LogP contribution is -2.37. The number of nitrogens with zero attached hydrogens (tertiary/aromatic N) is 2. The second-order valence-electron chi connectivity index (χ2n) is 6.90. The number of nitrogens with one attached hydrogen (secondary N) is 1. The Morgan fingerprint density at radius 3 is 2.62 bits per heavy atom. The number of carbonyl (C=O) groups excluding carboxylic acids is 1. The van der Waals surface area contributed by atoms with Crippen molar-refractivity contribution in [2.45, 2.75) is 40.5 Å². The summed E-state index contributed by atoms with van der Waals surface area (Å²) >= 11 is 0. The lowest BCUT2D eigenvalue weighted by molar-refractivity contribution is -0.133. The topological polar surface area (TPSA) is 75.3 Å². The first-order chi connectivity index (χ1) is 12.4. The summed E-state index contributed by atoms with van der Waals surface area (Å²) in [5.41, 5.74) is 4.63. The Labute approximate surface area is 153 Å². The molecule has 1 aromatic carbocycles. The molecule has 1 aromatic heterocycles. The summed E-state index contributed by atoms with van der Waals surface area (Å²) in [5.74, 6) is 1.33. The van der Waals surface area contributed by atoms with Gasteiger partial charge in [-0.2, -0.15) is 0 Å². The number of H-pyrrole nitrogens is 1. The SMILES string of the molecule is Cc1nc2c(c(=O)[nH]1)CCN(C(=O)COc1c(C)ccc(C)c1C)CC2. The van der Waals surface area contributed by atoms with Crippen LogP contribution in [0.3, 0.4) is 0 Å². The molecule has 0 atom stereocenters. The molecule has 0 unspecified atom stereocenters. The summed E-state index contributed by atoms with van der Waals surface area (Å²) in [4.78, 5) is 33.7. The first-order valence-electron chi connectivity index (χ1n) is 8.93. The van der Waals surface area contributed by atoms with Crippen molar-refractivity contribution in [1.82, 2.24) is 14.9 Å². The molecule has 0 spiro atoms. The van der Waals surface area contributed by atoms with Gasteiger partial charge in [0.15, 0.2) is 6.61 Å². The summed E-state index contributed by atoms with van der Waals surface area (Å²) in [6.45, 7) is 8.86. The van der Waals surface area contributed by atoms with Crippen LogP contribution in [-0.4, -0.2) is 40.5 Å². The predicted molar refractivity (Wildman–Crippen MR) is 99.7 cm³/mol. The lowest BCUT2D eigenvalue weighted by atomic mass is 10.1. The third kappa shape index (κ3) is 3.64. The van der Waals surface area contributed by atoms with Gasteiger partial charge >= 0.3 is 0 Å². The third-order valence-electron chi connectivity index (χ3n) is 5.04. The highest BCUT2D eigenvalue weighted by atomic mass is 16.5. The fourth-order valence-corrected chi connectivity index (χ4v) is 3.35. The van der Waals surface area contributed by atoms with Crippen molar-refractivity contribution < 1.29 is 9.53 Å². The van der Waals surface area contributed by atoms with Crippen LogP contribution in [0.5, 0.6) is 5.75 Å². The predicted octanol–water partition coefficient (Wildman–Crippen LogP) is 2.01. The maximum absolute atomic E-state index is 12.6. The van der Waals surface area contributed by atoms with Crippen LogP contribution < -0.4 is 10.3 Å².